The lowest BCUT2D eigenvalue weighted by Gasteiger charge is -2.13. The molecule has 0 aromatic rings. The topological polar surface area (TPSA) is 78.4 Å². The highest BCUT2D eigenvalue weighted by Crippen LogP contribution is 1.99. The summed E-state index contributed by atoms with van der Waals surface area (Å²) in [6.45, 7) is 4.68. The van der Waals surface area contributed by atoms with Crippen molar-refractivity contribution < 1.29 is 14.7 Å². The van der Waals surface area contributed by atoms with Crippen molar-refractivity contribution in [1.82, 2.24) is 10.9 Å². The van der Waals surface area contributed by atoms with E-state index < -0.39 is 12.0 Å². The molecule has 1 atom stereocenters. The number of hydrogen-bond donors (Lipinski definition) is 3. The third-order valence-corrected chi connectivity index (χ3v) is 1.26. The molecule has 0 radical (unpaired) electrons. The van der Waals surface area contributed by atoms with E-state index in [0.717, 1.165) is 0 Å². The predicted molar refractivity (Wildman–Crippen MR) is 42.8 cm³/mol. The van der Waals surface area contributed by atoms with Crippen LogP contribution in [0.4, 0.5) is 0 Å². The Bertz CT molecular complexity index is 179. The molecule has 0 aliphatic carbocycles. The summed E-state index contributed by atoms with van der Waals surface area (Å²) in [5.74, 6) is -1.14. The molecule has 0 aromatic carbocycles. The summed E-state index contributed by atoms with van der Waals surface area (Å²) in [7, 11) is 0. The summed E-state index contributed by atoms with van der Waals surface area (Å²) in [6, 6.07) is 0. The SMILES string of the molecule is CC(=O)NNC(=O)[C@H](O)C(C)C. The van der Waals surface area contributed by atoms with Crippen LogP contribution in [0.5, 0.6) is 0 Å². The number of nitrogens with one attached hydrogen (secondary N) is 2. The van der Waals surface area contributed by atoms with E-state index in [1.165, 1.54) is 6.92 Å². The fourth-order valence-corrected chi connectivity index (χ4v) is 0.526. The molecule has 0 aliphatic heterocycles. The quantitative estimate of drug-likeness (QED) is 0.478. The van der Waals surface area contributed by atoms with Crippen LogP contribution < -0.4 is 10.9 Å². The molecule has 0 unspecified atom stereocenters. The summed E-state index contributed by atoms with van der Waals surface area (Å²) in [5, 5.41) is 9.14. The van der Waals surface area contributed by atoms with Gasteiger partial charge in [-0.3, -0.25) is 20.4 Å². The molecule has 0 aliphatic rings. The highest BCUT2D eigenvalue weighted by Gasteiger charge is 2.18. The van der Waals surface area contributed by atoms with Gasteiger partial charge in [0.25, 0.3) is 5.91 Å². The molecule has 0 spiro atoms. The molecular formula is C7H14N2O3. The van der Waals surface area contributed by atoms with Crippen LogP contribution in [0.2, 0.25) is 0 Å². The summed E-state index contributed by atoms with van der Waals surface area (Å²) < 4.78 is 0. The molecule has 3 N–H and O–H groups in total. The first-order chi connectivity index (χ1) is 5.45. The molecule has 5 heteroatoms. The third kappa shape index (κ3) is 3.92. The fraction of sp³-hybridized carbons (Fsp3) is 0.714. The Morgan fingerprint density at radius 2 is 1.75 bits per heavy atom. The Morgan fingerprint density at radius 3 is 2.08 bits per heavy atom. The minimum Gasteiger partial charge on any atom is -0.383 e. The number of carbonyl (C=O) groups excluding carboxylic acids is 2. The first-order valence-corrected chi connectivity index (χ1v) is 3.69. The van der Waals surface area contributed by atoms with Crippen LogP contribution in [-0.2, 0) is 9.59 Å². The summed E-state index contributed by atoms with van der Waals surface area (Å²) in [4.78, 5) is 21.2. The molecule has 0 fully saturated rings. The van der Waals surface area contributed by atoms with Gasteiger partial charge >= 0.3 is 0 Å². The number of aliphatic hydroxyl groups excluding tert-OH is 1. The summed E-state index contributed by atoms with van der Waals surface area (Å²) >= 11 is 0. The molecule has 2 amide bonds. The average Bonchev–Trinajstić information content (AvgIpc) is 1.98. The number of aliphatic hydroxyl groups is 1. The van der Waals surface area contributed by atoms with E-state index in [1.54, 1.807) is 13.8 Å². The van der Waals surface area contributed by atoms with Crippen LogP contribution in [0.3, 0.4) is 0 Å². The summed E-state index contributed by atoms with van der Waals surface area (Å²) in [6.07, 6.45) is -1.09. The van der Waals surface area contributed by atoms with E-state index in [-0.39, 0.29) is 11.8 Å². The molecule has 0 rings (SSSR count). The van der Waals surface area contributed by atoms with Gasteiger partial charge in [-0.05, 0) is 5.92 Å². The maximum absolute atomic E-state index is 10.9. The highest BCUT2D eigenvalue weighted by molar-refractivity contribution is 5.83. The predicted octanol–water partition coefficient (Wildman–Crippen LogP) is -0.829. The van der Waals surface area contributed by atoms with Crippen molar-refractivity contribution in [3.05, 3.63) is 0 Å². The summed E-state index contributed by atoms with van der Waals surface area (Å²) in [5.41, 5.74) is 4.16. The Kier molecular flexibility index (Phi) is 4.28. The van der Waals surface area contributed by atoms with Crippen molar-refractivity contribution in [2.24, 2.45) is 5.92 Å². The monoisotopic (exact) mass is 174 g/mol. The van der Waals surface area contributed by atoms with Crippen molar-refractivity contribution in [1.29, 1.82) is 0 Å². The van der Waals surface area contributed by atoms with Gasteiger partial charge in [0.2, 0.25) is 5.91 Å². The van der Waals surface area contributed by atoms with Gasteiger partial charge in [-0.1, -0.05) is 13.8 Å². The lowest BCUT2D eigenvalue weighted by atomic mass is 10.1. The van der Waals surface area contributed by atoms with Crippen LogP contribution in [-0.4, -0.2) is 23.0 Å². The second kappa shape index (κ2) is 4.71. The largest absolute Gasteiger partial charge is 0.383 e. The van der Waals surface area contributed by atoms with Gasteiger partial charge in [0.05, 0.1) is 0 Å². The smallest absolute Gasteiger partial charge is 0.267 e. The van der Waals surface area contributed by atoms with Crippen LogP contribution in [0.25, 0.3) is 0 Å². The van der Waals surface area contributed by atoms with Gasteiger partial charge in [0.15, 0.2) is 0 Å². The van der Waals surface area contributed by atoms with Crippen molar-refractivity contribution in [2.75, 3.05) is 0 Å². The second-order valence-corrected chi connectivity index (χ2v) is 2.86. The van der Waals surface area contributed by atoms with E-state index >= 15 is 0 Å². The van der Waals surface area contributed by atoms with Crippen molar-refractivity contribution >= 4 is 11.8 Å². The number of hydrogen-bond acceptors (Lipinski definition) is 3. The molecule has 70 valence electrons. The maximum atomic E-state index is 10.9. The van der Waals surface area contributed by atoms with Crippen LogP contribution in [0.15, 0.2) is 0 Å². The van der Waals surface area contributed by atoms with Gasteiger partial charge in [0, 0.05) is 6.92 Å². The standard InChI is InChI=1S/C7H14N2O3/c1-4(2)6(11)7(12)9-8-5(3)10/h4,6,11H,1-3H3,(H,8,10)(H,9,12)/t6-/m1/s1. The fourth-order valence-electron chi connectivity index (χ4n) is 0.526. The van der Waals surface area contributed by atoms with Gasteiger partial charge in [-0.2, -0.15) is 0 Å². The van der Waals surface area contributed by atoms with Gasteiger partial charge in [-0.15, -0.1) is 0 Å². The van der Waals surface area contributed by atoms with Gasteiger partial charge in [-0.25, -0.2) is 0 Å². The zero-order chi connectivity index (χ0) is 9.72. The zero-order valence-electron chi connectivity index (χ0n) is 7.42. The number of amides is 2. The third-order valence-electron chi connectivity index (χ3n) is 1.26. The first-order valence-electron chi connectivity index (χ1n) is 3.69. The van der Waals surface area contributed by atoms with Gasteiger partial charge < -0.3 is 5.11 Å². The molecule has 12 heavy (non-hydrogen) atoms. The van der Waals surface area contributed by atoms with Crippen molar-refractivity contribution in [3.63, 3.8) is 0 Å². The van der Waals surface area contributed by atoms with E-state index in [1.807, 2.05) is 0 Å². The Labute approximate surface area is 71.1 Å². The number of rotatable bonds is 2. The molecule has 0 bridgehead atoms. The lowest BCUT2D eigenvalue weighted by molar-refractivity contribution is -0.135. The lowest BCUT2D eigenvalue weighted by Crippen LogP contribution is -2.47. The maximum Gasteiger partial charge on any atom is 0.267 e. The first kappa shape index (κ1) is 10.9. The van der Waals surface area contributed by atoms with E-state index in [0.29, 0.717) is 0 Å². The Balaban J connectivity index is 3.80. The minimum absolute atomic E-state index is 0.168. The zero-order valence-corrected chi connectivity index (χ0v) is 7.42. The highest BCUT2D eigenvalue weighted by atomic mass is 16.3. The number of carbonyl (C=O) groups is 2. The van der Waals surface area contributed by atoms with E-state index in [4.69, 9.17) is 5.11 Å². The molecular weight excluding hydrogens is 160 g/mol. The second-order valence-electron chi connectivity index (χ2n) is 2.86. The molecule has 0 saturated carbocycles. The number of hydrazine groups is 1. The molecule has 0 heterocycles. The van der Waals surface area contributed by atoms with Gasteiger partial charge in [0.1, 0.15) is 6.10 Å². The Hall–Kier alpha value is -1.10. The van der Waals surface area contributed by atoms with Crippen molar-refractivity contribution in [3.8, 4) is 0 Å². The van der Waals surface area contributed by atoms with E-state index in [9.17, 15) is 9.59 Å². The van der Waals surface area contributed by atoms with Crippen LogP contribution >= 0.6 is 0 Å². The normalized spacial score (nSPS) is 12.4. The minimum atomic E-state index is -1.09. The Morgan fingerprint density at radius 1 is 1.25 bits per heavy atom. The van der Waals surface area contributed by atoms with Crippen LogP contribution in [0.1, 0.15) is 20.8 Å². The average molecular weight is 174 g/mol. The molecule has 0 saturated heterocycles. The molecule has 0 aromatic heterocycles. The van der Waals surface area contributed by atoms with Crippen LogP contribution in [0, 0.1) is 5.92 Å². The molecule has 5 nitrogen and oxygen atoms in total. The van der Waals surface area contributed by atoms with E-state index in [2.05, 4.69) is 10.9 Å². The van der Waals surface area contributed by atoms with Crippen molar-refractivity contribution in [2.45, 2.75) is 26.9 Å².